The van der Waals surface area contributed by atoms with E-state index in [1.165, 1.54) is 19.1 Å². The van der Waals surface area contributed by atoms with Crippen LogP contribution in [0.15, 0.2) is 12.1 Å². The quantitative estimate of drug-likeness (QED) is 0.662. The molecule has 0 aliphatic heterocycles. The third kappa shape index (κ3) is 4.56. The van der Waals surface area contributed by atoms with Crippen molar-refractivity contribution in [2.75, 3.05) is 23.8 Å². The molecule has 0 bridgehead atoms. The van der Waals surface area contributed by atoms with Gasteiger partial charge < -0.3 is 10.5 Å². The minimum absolute atomic E-state index is 0.00454. The standard InChI is InChI=1S/C11H13Cl2NO4S/c1-2-19(16,17)4-3-18-11(15)8-5-7(14)6-9(12)10(8)13/h5-6H,2-4,14H2,1H3. The van der Waals surface area contributed by atoms with Gasteiger partial charge in [-0.05, 0) is 12.1 Å². The predicted octanol–water partition coefficient (Wildman–Crippen LogP) is 2.17. The summed E-state index contributed by atoms with van der Waals surface area (Å²) in [6.07, 6.45) is 0. The van der Waals surface area contributed by atoms with E-state index in [9.17, 15) is 13.2 Å². The summed E-state index contributed by atoms with van der Waals surface area (Å²) in [6, 6.07) is 2.73. The molecule has 19 heavy (non-hydrogen) atoms. The van der Waals surface area contributed by atoms with Crippen molar-refractivity contribution >= 4 is 44.7 Å². The van der Waals surface area contributed by atoms with E-state index in [2.05, 4.69) is 0 Å². The summed E-state index contributed by atoms with van der Waals surface area (Å²) >= 11 is 11.6. The zero-order valence-corrected chi connectivity index (χ0v) is 12.5. The molecule has 0 atom stereocenters. The lowest BCUT2D eigenvalue weighted by Gasteiger charge is -2.08. The molecular formula is C11H13Cl2NO4S. The van der Waals surface area contributed by atoms with E-state index in [1.54, 1.807) is 0 Å². The van der Waals surface area contributed by atoms with E-state index in [0.29, 0.717) is 0 Å². The maximum atomic E-state index is 11.7. The maximum Gasteiger partial charge on any atom is 0.339 e. The summed E-state index contributed by atoms with van der Waals surface area (Å²) in [5.74, 6) is -0.997. The number of nitrogen functional groups attached to an aromatic ring is 1. The zero-order valence-electron chi connectivity index (χ0n) is 10.2. The van der Waals surface area contributed by atoms with Crippen molar-refractivity contribution < 1.29 is 17.9 Å². The summed E-state index contributed by atoms with van der Waals surface area (Å²) in [7, 11) is -3.18. The largest absolute Gasteiger partial charge is 0.461 e. The Bertz CT molecular complexity index is 587. The number of hydrogen-bond acceptors (Lipinski definition) is 5. The smallest absolute Gasteiger partial charge is 0.339 e. The Kier molecular flexibility index (Phi) is 5.46. The number of benzene rings is 1. The molecule has 0 aromatic heterocycles. The predicted molar refractivity (Wildman–Crippen MR) is 75.5 cm³/mol. The van der Waals surface area contributed by atoms with Crippen LogP contribution < -0.4 is 5.73 Å². The summed E-state index contributed by atoms with van der Waals surface area (Å²) in [5.41, 5.74) is 5.82. The molecule has 106 valence electrons. The Hall–Kier alpha value is -0.980. The third-order valence-corrected chi connectivity index (χ3v) is 4.81. The van der Waals surface area contributed by atoms with E-state index in [4.69, 9.17) is 33.7 Å². The average Bonchev–Trinajstić information content (AvgIpc) is 2.33. The molecule has 0 aliphatic carbocycles. The van der Waals surface area contributed by atoms with Crippen LogP contribution in [0.1, 0.15) is 17.3 Å². The highest BCUT2D eigenvalue weighted by atomic mass is 35.5. The van der Waals surface area contributed by atoms with Gasteiger partial charge in [0.15, 0.2) is 9.84 Å². The fourth-order valence-electron chi connectivity index (χ4n) is 1.24. The van der Waals surface area contributed by atoms with Gasteiger partial charge in [-0.2, -0.15) is 0 Å². The van der Waals surface area contributed by atoms with Crippen molar-refractivity contribution in [3.05, 3.63) is 27.7 Å². The molecule has 0 saturated heterocycles. The number of hydrogen-bond donors (Lipinski definition) is 1. The summed E-state index contributed by atoms with van der Waals surface area (Å²) < 4.78 is 27.3. The Morgan fingerprint density at radius 1 is 1.37 bits per heavy atom. The molecule has 0 unspecified atom stereocenters. The van der Waals surface area contributed by atoms with Gasteiger partial charge in [0, 0.05) is 11.4 Å². The van der Waals surface area contributed by atoms with Crippen molar-refractivity contribution in [3.8, 4) is 0 Å². The first-order valence-electron chi connectivity index (χ1n) is 5.39. The first-order valence-corrected chi connectivity index (χ1v) is 7.96. The number of ether oxygens (including phenoxy) is 1. The highest BCUT2D eigenvalue weighted by Crippen LogP contribution is 2.29. The molecule has 0 amide bonds. The molecule has 0 spiro atoms. The minimum atomic E-state index is -3.18. The average molecular weight is 326 g/mol. The maximum absolute atomic E-state index is 11.7. The van der Waals surface area contributed by atoms with E-state index in [0.717, 1.165) is 0 Å². The number of nitrogens with two attached hydrogens (primary N) is 1. The van der Waals surface area contributed by atoms with Crippen LogP contribution in [-0.2, 0) is 14.6 Å². The van der Waals surface area contributed by atoms with Crippen LogP contribution in [0.5, 0.6) is 0 Å². The van der Waals surface area contributed by atoms with E-state index < -0.39 is 15.8 Å². The van der Waals surface area contributed by atoms with Crippen LogP contribution in [0.2, 0.25) is 10.0 Å². The van der Waals surface area contributed by atoms with Gasteiger partial charge in [0.1, 0.15) is 6.61 Å². The van der Waals surface area contributed by atoms with E-state index in [-0.39, 0.29) is 39.4 Å². The highest BCUT2D eigenvalue weighted by Gasteiger charge is 2.16. The molecule has 0 saturated carbocycles. The second-order valence-electron chi connectivity index (χ2n) is 3.74. The number of rotatable bonds is 5. The Morgan fingerprint density at radius 2 is 2.00 bits per heavy atom. The van der Waals surface area contributed by atoms with Crippen LogP contribution in [0.3, 0.4) is 0 Å². The van der Waals surface area contributed by atoms with E-state index >= 15 is 0 Å². The van der Waals surface area contributed by atoms with Gasteiger partial charge in [-0.3, -0.25) is 0 Å². The highest BCUT2D eigenvalue weighted by molar-refractivity contribution is 7.91. The molecule has 2 N–H and O–H groups in total. The van der Waals surface area contributed by atoms with E-state index in [1.807, 2.05) is 0 Å². The van der Waals surface area contributed by atoms with Gasteiger partial charge in [-0.1, -0.05) is 30.1 Å². The molecule has 0 heterocycles. The number of esters is 1. The van der Waals surface area contributed by atoms with Gasteiger partial charge in [0.2, 0.25) is 0 Å². The number of halogens is 2. The lowest BCUT2D eigenvalue weighted by atomic mass is 10.2. The third-order valence-electron chi connectivity index (χ3n) is 2.34. The number of carbonyl (C=O) groups is 1. The number of anilines is 1. The Morgan fingerprint density at radius 3 is 2.58 bits per heavy atom. The van der Waals surface area contributed by atoms with Crippen LogP contribution in [0.4, 0.5) is 5.69 Å². The Labute approximate surface area is 121 Å². The van der Waals surface area contributed by atoms with Gasteiger partial charge in [-0.15, -0.1) is 0 Å². The summed E-state index contributed by atoms with van der Waals surface area (Å²) in [4.78, 5) is 11.7. The topological polar surface area (TPSA) is 86.5 Å². The van der Waals surface area contributed by atoms with Crippen LogP contribution in [0, 0.1) is 0 Å². The molecule has 0 fully saturated rings. The molecule has 0 radical (unpaired) electrons. The SMILES string of the molecule is CCS(=O)(=O)CCOC(=O)c1cc(N)cc(Cl)c1Cl. The van der Waals surface area contributed by atoms with Gasteiger partial charge in [0.25, 0.3) is 0 Å². The second-order valence-corrected chi connectivity index (χ2v) is 6.99. The van der Waals surface area contributed by atoms with Crippen LogP contribution in [-0.4, -0.2) is 32.5 Å². The Balaban J connectivity index is 2.75. The molecule has 5 nitrogen and oxygen atoms in total. The van der Waals surface area contributed by atoms with Gasteiger partial charge >= 0.3 is 5.97 Å². The molecule has 8 heteroatoms. The summed E-state index contributed by atoms with van der Waals surface area (Å²) in [6.45, 7) is 1.28. The molecular weight excluding hydrogens is 313 g/mol. The lowest BCUT2D eigenvalue weighted by Crippen LogP contribution is -2.17. The molecule has 1 aromatic rings. The van der Waals surface area contributed by atoms with Crippen molar-refractivity contribution in [2.45, 2.75) is 6.92 Å². The van der Waals surface area contributed by atoms with Crippen LogP contribution >= 0.6 is 23.2 Å². The van der Waals surface area contributed by atoms with Gasteiger partial charge in [-0.25, -0.2) is 13.2 Å². The zero-order chi connectivity index (χ0) is 14.6. The number of carbonyl (C=O) groups excluding carboxylic acids is 1. The van der Waals surface area contributed by atoms with Crippen LogP contribution in [0.25, 0.3) is 0 Å². The molecule has 1 rings (SSSR count). The van der Waals surface area contributed by atoms with Crippen molar-refractivity contribution in [1.82, 2.24) is 0 Å². The molecule has 1 aromatic carbocycles. The van der Waals surface area contributed by atoms with Crippen molar-refractivity contribution in [1.29, 1.82) is 0 Å². The second kappa shape index (κ2) is 6.45. The minimum Gasteiger partial charge on any atom is -0.461 e. The fraction of sp³-hybridized carbons (Fsp3) is 0.364. The summed E-state index contributed by atoms with van der Waals surface area (Å²) in [5, 5.41) is 0.161. The lowest BCUT2D eigenvalue weighted by molar-refractivity contribution is 0.0529. The van der Waals surface area contributed by atoms with Gasteiger partial charge in [0.05, 0.1) is 21.4 Å². The monoisotopic (exact) mass is 325 g/mol. The van der Waals surface area contributed by atoms with Crippen molar-refractivity contribution in [2.24, 2.45) is 0 Å². The fourth-order valence-corrected chi connectivity index (χ4v) is 2.28. The normalized spacial score (nSPS) is 11.3. The number of sulfone groups is 1. The molecule has 0 aliphatic rings. The first kappa shape index (κ1) is 16.1. The van der Waals surface area contributed by atoms with Crippen molar-refractivity contribution in [3.63, 3.8) is 0 Å². The first-order chi connectivity index (χ1) is 8.76.